The van der Waals surface area contributed by atoms with Gasteiger partial charge < -0.3 is 14.8 Å². The number of amides is 1. The average molecular weight is 315 g/mol. The number of ether oxygens (including phenoxy) is 2. The topological polar surface area (TPSA) is 67.9 Å². The number of halogens is 1. The van der Waals surface area contributed by atoms with Crippen LogP contribution in [0.15, 0.2) is 24.3 Å². The summed E-state index contributed by atoms with van der Waals surface area (Å²) in [6.07, 6.45) is 0. The molecular formula is C14H19ClN2O4. The summed E-state index contributed by atoms with van der Waals surface area (Å²) in [5.41, 5.74) is 0.672. The number of hydrogen-bond donors (Lipinski definition) is 1. The van der Waals surface area contributed by atoms with Crippen molar-refractivity contribution >= 4 is 30.0 Å². The average Bonchev–Trinajstić information content (AvgIpc) is 2.41. The third-order valence-electron chi connectivity index (χ3n) is 2.86. The summed E-state index contributed by atoms with van der Waals surface area (Å²) in [6, 6.07) is 6.70. The molecule has 0 atom stereocenters. The summed E-state index contributed by atoms with van der Waals surface area (Å²) in [5, 5.41) is 2.65. The molecule has 1 aliphatic heterocycles. The number of hydrogen-bond acceptors (Lipinski definition) is 5. The second-order valence-electron chi connectivity index (χ2n) is 4.57. The molecular weight excluding hydrogens is 296 g/mol. The molecule has 1 fully saturated rings. The van der Waals surface area contributed by atoms with Gasteiger partial charge in [0.25, 0.3) is 0 Å². The van der Waals surface area contributed by atoms with Crippen LogP contribution in [0.3, 0.4) is 0 Å². The first-order valence-corrected chi connectivity index (χ1v) is 6.52. The van der Waals surface area contributed by atoms with Crippen molar-refractivity contribution in [1.82, 2.24) is 4.90 Å². The molecule has 1 N–H and O–H groups in total. The standard InChI is InChI=1S/C14H18N2O4.ClH/c1-11(17)15-12-2-4-13(5-3-12)20-14(18)10-16-6-8-19-9-7-16;/h2-5H,6-10H2,1H3,(H,15,17);1H. The molecule has 0 bridgehead atoms. The van der Waals surface area contributed by atoms with E-state index in [4.69, 9.17) is 9.47 Å². The molecule has 0 unspecified atom stereocenters. The highest BCUT2D eigenvalue weighted by Gasteiger charge is 2.15. The Bertz CT molecular complexity index is 472. The van der Waals surface area contributed by atoms with Crippen LogP contribution in [-0.2, 0) is 14.3 Å². The van der Waals surface area contributed by atoms with E-state index in [1.54, 1.807) is 24.3 Å². The van der Waals surface area contributed by atoms with Crippen LogP contribution in [0.2, 0.25) is 0 Å². The quantitative estimate of drug-likeness (QED) is 0.670. The monoisotopic (exact) mass is 314 g/mol. The molecule has 0 aliphatic carbocycles. The molecule has 1 aromatic rings. The summed E-state index contributed by atoms with van der Waals surface area (Å²) in [4.78, 5) is 24.7. The van der Waals surface area contributed by atoms with Gasteiger partial charge in [0.15, 0.2) is 0 Å². The summed E-state index contributed by atoms with van der Waals surface area (Å²) >= 11 is 0. The van der Waals surface area contributed by atoms with Gasteiger partial charge in [-0.1, -0.05) is 0 Å². The zero-order chi connectivity index (χ0) is 14.4. The zero-order valence-corrected chi connectivity index (χ0v) is 12.6. The molecule has 2 rings (SSSR count). The number of rotatable bonds is 4. The maximum atomic E-state index is 11.8. The van der Waals surface area contributed by atoms with E-state index in [9.17, 15) is 9.59 Å². The van der Waals surface area contributed by atoms with E-state index in [0.29, 0.717) is 24.7 Å². The van der Waals surface area contributed by atoms with E-state index < -0.39 is 0 Å². The Hall–Kier alpha value is -1.63. The third kappa shape index (κ3) is 6.12. The van der Waals surface area contributed by atoms with Crippen molar-refractivity contribution < 1.29 is 19.1 Å². The van der Waals surface area contributed by atoms with Crippen LogP contribution in [0.5, 0.6) is 5.75 Å². The fourth-order valence-electron chi connectivity index (χ4n) is 1.92. The lowest BCUT2D eigenvalue weighted by atomic mass is 10.3. The Labute approximate surface area is 129 Å². The molecule has 0 radical (unpaired) electrons. The van der Waals surface area contributed by atoms with Crippen LogP contribution in [0.4, 0.5) is 5.69 Å². The van der Waals surface area contributed by atoms with Gasteiger partial charge in [-0.2, -0.15) is 0 Å². The Morgan fingerprint density at radius 3 is 2.43 bits per heavy atom. The first kappa shape index (κ1) is 17.4. The fourth-order valence-corrected chi connectivity index (χ4v) is 1.92. The summed E-state index contributed by atoms with van der Waals surface area (Å²) in [5.74, 6) is 0.0404. The highest BCUT2D eigenvalue weighted by Crippen LogP contribution is 2.16. The van der Waals surface area contributed by atoms with Gasteiger partial charge in [-0.05, 0) is 24.3 Å². The minimum absolute atomic E-state index is 0. The van der Waals surface area contributed by atoms with Crippen LogP contribution < -0.4 is 10.1 Å². The highest BCUT2D eigenvalue weighted by molar-refractivity contribution is 5.88. The molecule has 1 heterocycles. The molecule has 0 spiro atoms. The first-order valence-electron chi connectivity index (χ1n) is 6.52. The lowest BCUT2D eigenvalue weighted by Gasteiger charge is -2.25. The number of esters is 1. The molecule has 1 saturated heterocycles. The van der Waals surface area contributed by atoms with E-state index in [0.717, 1.165) is 13.1 Å². The Morgan fingerprint density at radius 1 is 1.24 bits per heavy atom. The molecule has 0 aromatic heterocycles. The summed E-state index contributed by atoms with van der Waals surface area (Å²) < 4.78 is 10.5. The van der Waals surface area contributed by atoms with E-state index in [2.05, 4.69) is 5.32 Å². The van der Waals surface area contributed by atoms with Gasteiger partial charge in [-0.3, -0.25) is 14.5 Å². The lowest BCUT2D eigenvalue weighted by molar-refractivity contribution is -0.136. The van der Waals surface area contributed by atoms with Gasteiger partial charge in [-0.25, -0.2) is 0 Å². The number of benzene rings is 1. The van der Waals surface area contributed by atoms with Crippen LogP contribution in [0, 0.1) is 0 Å². The zero-order valence-electron chi connectivity index (χ0n) is 11.8. The first-order chi connectivity index (χ1) is 9.63. The maximum Gasteiger partial charge on any atom is 0.325 e. The molecule has 6 nitrogen and oxygen atoms in total. The van der Waals surface area contributed by atoms with E-state index in [1.807, 2.05) is 4.90 Å². The fraction of sp³-hybridized carbons (Fsp3) is 0.429. The largest absolute Gasteiger partial charge is 0.426 e. The Balaban J connectivity index is 0.00000220. The Kier molecular flexibility index (Phi) is 7.14. The van der Waals surface area contributed by atoms with Gasteiger partial charge in [0.05, 0.1) is 19.8 Å². The van der Waals surface area contributed by atoms with Crippen molar-refractivity contribution in [3.8, 4) is 5.75 Å². The van der Waals surface area contributed by atoms with Crippen molar-refractivity contribution in [3.05, 3.63) is 24.3 Å². The minimum atomic E-state index is -0.292. The molecule has 116 valence electrons. The van der Waals surface area contributed by atoms with Crippen LogP contribution >= 0.6 is 12.4 Å². The SMILES string of the molecule is CC(=O)Nc1ccc(OC(=O)CN2CCOCC2)cc1.Cl. The summed E-state index contributed by atoms with van der Waals surface area (Å²) in [6.45, 7) is 4.50. The smallest absolute Gasteiger partial charge is 0.325 e. The normalized spacial score (nSPS) is 14.9. The Morgan fingerprint density at radius 2 is 1.86 bits per heavy atom. The highest BCUT2D eigenvalue weighted by atomic mass is 35.5. The van der Waals surface area contributed by atoms with Gasteiger partial charge in [0.1, 0.15) is 5.75 Å². The van der Waals surface area contributed by atoms with Crippen LogP contribution in [-0.4, -0.2) is 49.6 Å². The number of nitrogens with zero attached hydrogens (tertiary/aromatic N) is 1. The molecule has 0 saturated carbocycles. The van der Waals surface area contributed by atoms with Crippen molar-refractivity contribution in [2.24, 2.45) is 0 Å². The number of morpholine rings is 1. The number of carbonyl (C=O) groups is 2. The van der Waals surface area contributed by atoms with Crippen LogP contribution in [0.25, 0.3) is 0 Å². The van der Waals surface area contributed by atoms with Crippen LogP contribution in [0.1, 0.15) is 6.92 Å². The number of anilines is 1. The van der Waals surface area contributed by atoms with Gasteiger partial charge in [0, 0.05) is 25.7 Å². The second-order valence-corrected chi connectivity index (χ2v) is 4.57. The van der Waals surface area contributed by atoms with Gasteiger partial charge >= 0.3 is 5.97 Å². The minimum Gasteiger partial charge on any atom is -0.426 e. The number of nitrogens with one attached hydrogen (secondary N) is 1. The van der Waals surface area contributed by atoms with Gasteiger partial charge in [0.2, 0.25) is 5.91 Å². The van der Waals surface area contributed by atoms with E-state index >= 15 is 0 Å². The predicted octanol–water partition coefficient (Wildman–Crippen LogP) is 1.30. The molecule has 1 amide bonds. The van der Waals surface area contributed by atoms with Crippen molar-refractivity contribution in [3.63, 3.8) is 0 Å². The maximum absolute atomic E-state index is 11.8. The number of carbonyl (C=O) groups excluding carboxylic acids is 2. The van der Waals surface area contributed by atoms with E-state index in [-0.39, 0.29) is 30.8 Å². The second kappa shape index (κ2) is 8.61. The summed E-state index contributed by atoms with van der Waals surface area (Å²) in [7, 11) is 0. The molecule has 7 heteroatoms. The lowest BCUT2D eigenvalue weighted by Crippen LogP contribution is -2.40. The van der Waals surface area contributed by atoms with Crippen molar-refractivity contribution in [1.29, 1.82) is 0 Å². The molecule has 21 heavy (non-hydrogen) atoms. The van der Waals surface area contributed by atoms with Crippen molar-refractivity contribution in [2.45, 2.75) is 6.92 Å². The third-order valence-corrected chi connectivity index (χ3v) is 2.86. The van der Waals surface area contributed by atoms with Gasteiger partial charge in [-0.15, -0.1) is 12.4 Å². The molecule has 1 aliphatic rings. The van der Waals surface area contributed by atoms with E-state index in [1.165, 1.54) is 6.92 Å². The molecule has 1 aromatic carbocycles. The predicted molar refractivity (Wildman–Crippen MR) is 80.9 cm³/mol. The van der Waals surface area contributed by atoms with Crippen molar-refractivity contribution in [2.75, 3.05) is 38.2 Å².